The fourth-order valence-electron chi connectivity index (χ4n) is 3.61. The Balaban J connectivity index is 1.80. The van der Waals surface area contributed by atoms with Crippen LogP contribution in [0.2, 0.25) is 0 Å². The number of Topliss-reactive ketones (excluding diaryl/α,β-unsaturated/α-hetero) is 1. The lowest BCUT2D eigenvalue weighted by Crippen LogP contribution is -2.54. The molecule has 3 rings (SSSR count). The highest BCUT2D eigenvalue weighted by Gasteiger charge is 2.55. The van der Waals surface area contributed by atoms with E-state index >= 15 is 0 Å². The Bertz CT molecular complexity index is 636. The maximum atomic E-state index is 12.8. The second kappa shape index (κ2) is 5.26. The third-order valence-electron chi connectivity index (χ3n) is 5.03. The summed E-state index contributed by atoms with van der Waals surface area (Å²) < 4.78 is 1.69. The van der Waals surface area contributed by atoms with Crippen LogP contribution < -0.4 is 5.32 Å². The summed E-state index contributed by atoms with van der Waals surface area (Å²) in [7, 11) is 1.77. The second-order valence-electron chi connectivity index (χ2n) is 6.37. The van der Waals surface area contributed by atoms with Crippen molar-refractivity contribution in [3.8, 4) is 0 Å². The molecule has 2 heterocycles. The van der Waals surface area contributed by atoms with Crippen molar-refractivity contribution in [2.24, 2.45) is 13.0 Å². The van der Waals surface area contributed by atoms with E-state index in [4.69, 9.17) is 0 Å². The Morgan fingerprint density at radius 1 is 1.41 bits per heavy atom. The Morgan fingerprint density at radius 2 is 2.18 bits per heavy atom. The van der Waals surface area contributed by atoms with Gasteiger partial charge in [-0.25, -0.2) is 4.79 Å². The number of nitrogens with zero attached hydrogens (tertiary/aromatic N) is 2. The lowest BCUT2D eigenvalue weighted by Gasteiger charge is -2.36. The van der Waals surface area contributed by atoms with Gasteiger partial charge in [-0.3, -0.25) is 14.5 Å². The minimum absolute atomic E-state index is 0.104. The van der Waals surface area contributed by atoms with Crippen LogP contribution in [0.4, 0.5) is 4.79 Å². The quantitative estimate of drug-likeness (QED) is 0.682. The van der Waals surface area contributed by atoms with Crippen LogP contribution in [-0.4, -0.2) is 39.3 Å². The zero-order valence-corrected chi connectivity index (χ0v) is 13.0. The molecule has 22 heavy (non-hydrogen) atoms. The van der Waals surface area contributed by atoms with Gasteiger partial charge in [-0.15, -0.1) is 0 Å². The van der Waals surface area contributed by atoms with Crippen molar-refractivity contribution in [2.45, 2.75) is 38.1 Å². The molecule has 1 saturated heterocycles. The molecule has 1 N–H and O–H groups in total. The molecule has 0 radical (unpaired) electrons. The highest BCUT2D eigenvalue weighted by molar-refractivity contribution is 6.11. The van der Waals surface area contributed by atoms with Crippen molar-refractivity contribution in [1.29, 1.82) is 0 Å². The molecule has 2 atom stereocenters. The number of rotatable bonds is 3. The predicted molar refractivity (Wildman–Crippen MR) is 80.4 cm³/mol. The van der Waals surface area contributed by atoms with Crippen LogP contribution in [0.1, 0.15) is 43.1 Å². The van der Waals surface area contributed by atoms with Crippen LogP contribution in [0.3, 0.4) is 0 Å². The largest absolute Gasteiger partial charge is 0.348 e. The molecule has 1 aliphatic heterocycles. The van der Waals surface area contributed by atoms with Gasteiger partial charge in [0.25, 0.3) is 5.91 Å². The summed E-state index contributed by atoms with van der Waals surface area (Å²) in [6, 6.07) is 3.02. The molecular weight excluding hydrogens is 282 g/mol. The van der Waals surface area contributed by atoms with Crippen molar-refractivity contribution < 1.29 is 14.4 Å². The summed E-state index contributed by atoms with van der Waals surface area (Å²) in [5.74, 6) is -0.364. The summed E-state index contributed by atoms with van der Waals surface area (Å²) in [5, 5.41) is 2.86. The molecule has 3 amide bonds. The van der Waals surface area contributed by atoms with E-state index in [2.05, 4.69) is 5.32 Å². The topological polar surface area (TPSA) is 71.4 Å². The van der Waals surface area contributed by atoms with E-state index in [1.165, 1.54) is 0 Å². The predicted octanol–water partition coefficient (Wildman–Crippen LogP) is 1.71. The first-order valence-corrected chi connectivity index (χ1v) is 7.74. The van der Waals surface area contributed by atoms with Crippen molar-refractivity contribution >= 4 is 17.7 Å². The summed E-state index contributed by atoms with van der Waals surface area (Å²) in [6.45, 7) is 1.80. The number of carbonyl (C=O) groups is 3. The summed E-state index contributed by atoms with van der Waals surface area (Å²) in [4.78, 5) is 38.4. The Kier molecular flexibility index (Phi) is 3.54. The first kappa shape index (κ1) is 14.8. The first-order chi connectivity index (χ1) is 10.5. The number of amides is 3. The summed E-state index contributed by atoms with van der Waals surface area (Å²) in [6.07, 6.45) is 5.35. The van der Waals surface area contributed by atoms with E-state index in [1.807, 2.05) is 6.92 Å². The normalized spacial score (nSPS) is 28.3. The molecule has 1 aromatic heterocycles. The third-order valence-corrected chi connectivity index (χ3v) is 5.03. The van der Waals surface area contributed by atoms with Gasteiger partial charge in [0.2, 0.25) is 0 Å². The Hall–Kier alpha value is -2.11. The van der Waals surface area contributed by atoms with Gasteiger partial charge in [-0.05, 0) is 30.9 Å². The number of urea groups is 1. The highest BCUT2D eigenvalue weighted by Crippen LogP contribution is 2.38. The monoisotopic (exact) mass is 303 g/mol. The number of ketones is 1. The van der Waals surface area contributed by atoms with Gasteiger partial charge < -0.3 is 9.88 Å². The Morgan fingerprint density at radius 3 is 2.82 bits per heavy atom. The summed E-state index contributed by atoms with van der Waals surface area (Å²) in [5.41, 5.74) is -0.303. The van der Waals surface area contributed by atoms with Crippen LogP contribution in [0.15, 0.2) is 18.3 Å². The zero-order valence-electron chi connectivity index (χ0n) is 13.0. The van der Waals surface area contributed by atoms with Gasteiger partial charge in [0, 0.05) is 13.2 Å². The number of carbonyl (C=O) groups excluding carboxylic acids is 3. The molecule has 1 saturated carbocycles. The van der Waals surface area contributed by atoms with Gasteiger partial charge in [0.05, 0.1) is 12.2 Å². The number of hydrogen-bond donors (Lipinski definition) is 1. The van der Waals surface area contributed by atoms with Crippen molar-refractivity contribution in [1.82, 2.24) is 14.8 Å². The average Bonchev–Trinajstić information content (AvgIpc) is 3.00. The van der Waals surface area contributed by atoms with Crippen LogP contribution in [0.5, 0.6) is 0 Å². The molecule has 6 heteroatoms. The zero-order chi connectivity index (χ0) is 15.9. The van der Waals surface area contributed by atoms with Gasteiger partial charge in [0.1, 0.15) is 5.54 Å². The molecule has 1 spiro atoms. The van der Waals surface area contributed by atoms with Crippen molar-refractivity contribution in [3.63, 3.8) is 0 Å². The number of hydrogen-bond acceptors (Lipinski definition) is 3. The van der Waals surface area contributed by atoms with E-state index in [9.17, 15) is 14.4 Å². The van der Waals surface area contributed by atoms with Crippen LogP contribution in [-0.2, 0) is 11.8 Å². The molecular formula is C16H21N3O3. The van der Waals surface area contributed by atoms with Crippen molar-refractivity contribution in [3.05, 3.63) is 24.0 Å². The van der Waals surface area contributed by atoms with Crippen LogP contribution >= 0.6 is 0 Å². The minimum atomic E-state index is -0.802. The molecule has 0 unspecified atom stereocenters. The molecule has 118 valence electrons. The van der Waals surface area contributed by atoms with Crippen molar-refractivity contribution in [2.75, 3.05) is 6.54 Å². The number of aryl methyl sites for hydroxylation is 1. The fourth-order valence-corrected chi connectivity index (χ4v) is 3.61. The second-order valence-corrected chi connectivity index (χ2v) is 6.37. The highest BCUT2D eigenvalue weighted by atomic mass is 16.2. The Labute approximate surface area is 129 Å². The van der Waals surface area contributed by atoms with E-state index in [0.717, 1.165) is 24.2 Å². The van der Waals surface area contributed by atoms with Gasteiger partial charge >= 0.3 is 6.03 Å². The molecule has 1 aromatic rings. The first-order valence-electron chi connectivity index (χ1n) is 7.74. The number of imide groups is 1. The van der Waals surface area contributed by atoms with E-state index in [0.29, 0.717) is 12.1 Å². The lowest BCUT2D eigenvalue weighted by atomic mass is 9.73. The molecule has 0 bridgehead atoms. The van der Waals surface area contributed by atoms with E-state index < -0.39 is 11.6 Å². The number of nitrogens with one attached hydrogen (secondary N) is 1. The van der Waals surface area contributed by atoms with Gasteiger partial charge in [0.15, 0.2) is 5.78 Å². The smallest absolute Gasteiger partial charge is 0.325 e. The van der Waals surface area contributed by atoms with E-state index in [1.54, 1.807) is 29.9 Å². The van der Waals surface area contributed by atoms with Crippen LogP contribution in [0.25, 0.3) is 0 Å². The molecule has 1 aliphatic carbocycles. The SMILES string of the molecule is C[C@@H]1CCCC[C@@]12NC(=O)N(CC(=O)c1cccn1C)C2=O. The molecule has 2 fully saturated rings. The van der Waals surface area contributed by atoms with Gasteiger partial charge in [-0.1, -0.05) is 19.8 Å². The maximum absolute atomic E-state index is 12.8. The number of aromatic nitrogens is 1. The van der Waals surface area contributed by atoms with Gasteiger partial charge in [-0.2, -0.15) is 0 Å². The molecule has 0 aromatic carbocycles. The molecule has 6 nitrogen and oxygen atoms in total. The summed E-state index contributed by atoms with van der Waals surface area (Å²) >= 11 is 0. The van der Waals surface area contributed by atoms with E-state index in [-0.39, 0.29) is 24.2 Å². The maximum Gasteiger partial charge on any atom is 0.325 e. The standard InChI is InChI=1S/C16H21N3O3/c1-11-6-3-4-8-16(11)14(21)19(15(22)17-16)10-13(20)12-7-5-9-18(12)2/h5,7,9,11H,3-4,6,8,10H2,1-2H3,(H,17,22)/t11-,16-/m1/s1. The minimum Gasteiger partial charge on any atom is -0.348 e. The third kappa shape index (κ3) is 2.14. The molecule has 2 aliphatic rings. The lowest BCUT2D eigenvalue weighted by molar-refractivity contribution is -0.133. The van der Waals surface area contributed by atoms with Crippen LogP contribution in [0, 0.1) is 5.92 Å². The fraction of sp³-hybridized carbons (Fsp3) is 0.562. The average molecular weight is 303 g/mol.